The third-order valence-corrected chi connectivity index (χ3v) is 5.99. The molecule has 0 saturated heterocycles. The predicted molar refractivity (Wildman–Crippen MR) is 127 cm³/mol. The van der Waals surface area contributed by atoms with Gasteiger partial charge in [0.25, 0.3) is 0 Å². The normalized spacial score (nSPS) is 15.1. The minimum atomic E-state index is -0.0374. The summed E-state index contributed by atoms with van der Waals surface area (Å²) in [5.41, 5.74) is 8.01. The molecule has 32 heavy (non-hydrogen) atoms. The SMILES string of the molecule is Cc1cc(C(CC(c2ccc(C3=CC(=O)NCC3)cc2)c2ccccc2C)=NO)ccn1. The number of rotatable bonds is 6. The summed E-state index contributed by atoms with van der Waals surface area (Å²) in [7, 11) is 0. The van der Waals surface area contributed by atoms with Crippen molar-refractivity contribution in [1.82, 2.24) is 10.3 Å². The summed E-state index contributed by atoms with van der Waals surface area (Å²) in [6.45, 7) is 4.70. The zero-order valence-electron chi connectivity index (χ0n) is 18.4. The molecule has 1 unspecified atom stereocenters. The fraction of sp³-hybridized carbons (Fsp3) is 0.222. The molecule has 1 aliphatic heterocycles. The molecule has 2 N–H and O–H groups in total. The van der Waals surface area contributed by atoms with Crippen LogP contribution in [0, 0.1) is 13.8 Å². The molecule has 5 heteroatoms. The van der Waals surface area contributed by atoms with Gasteiger partial charge >= 0.3 is 0 Å². The van der Waals surface area contributed by atoms with Crippen LogP contribution in [0.1, 0.15) is 52.3 Å². The number of carbonyl (C=O) groups excluding carboxylic acids is 1. The fourth-order valence-electron chi connectivity index (χ4n) is 4.28. The summed E-state index contributed by atoms with van der Waals surface area (Å²) in [6, 6.07) is 20.5. The minimum Gasteiger partial charge on any atom is -0.411 e. The number of hydrogen-bond donors (Lipinski definition) is 2. The first kappa shape index (κ1) is 21.5. The Balaban J connectivity index is 1.70. The van der Waals surface area contributed by atoms with Crippen LogP contribution in [0.4, 0.5) is 0 Å². The van der Waals surface area contributed by atoms with E-state index < -0.39 is 0 Å². The maximum absolute atomic E-state index is 11.7. The molecule has 162 valence electrons. The van der Waals surface area contributed by atoms with Crippen molar-refractivity contribution >= 4 is 17.2 Å². The Kier molecular flexibility index (Phi) is 6.45. The number of aromatic nitrogens is 1. The predicted octanol–water partition coefficient (Wildman–Crippen LogP) is 5.00. The van der Waals surface area contributed by atoms with Crippen molar-refractivity contribution < 1.29 is 10.0 Å². The van der Waals surface area contributed by atoms with Crippen molar-refractivity contribution in [3.8, 4) is 0 Å². The molecule has 0 radical (unpaired) electrons. The van der Waals surface area contributed by atoms with Crippen molar-refractivity contribution in [3.05, 3.63) is 106 Å². The molecule has 0 aliphatic carbocycles. The number of oxime groups is 1. The van der Waals surface area contributed by atoms with E-state index in [1.165, 1.54) is 11.1 Å². The van der Waals surface area contributed by atoms with Gasteiger partial charge in [0.15, 0.2) is 0 Å². The number of aryl methyl sites for hydroxylation is 2. The van der Waals surface area contributed by atoms with E-state index in [0.717, 1.165) is 34.4 Å². The number of benzene rings is 2. The molecule has 1 aromatic heterocycles. The summed E-state index contributed by atoms with van der Waals surface area (Å²) in [5, 5.41) is 16.3. The zero-order chi connectivity index (χ0) is 22.5. The standard InChI is InChI=1S/C27H27N3O2/c1-18-5-3-4-6-24(18)25(17-26(30-32)23-12-13-28-19(2)15-23)21-9-7-20(8-10-21)22-11-14-29-27(31)16-22/h3-10,12-13,15-16,25,32H,11,14,17H2,1-2H3,(H,29,31). The topological polar surface area (TPSA) is 74.6 Å². The zero-order valence-corrected chi connectivity index (χ0v) is 18.4. The third kappa shape index (κ3) is 4.78. The van der Waals surface area contributed by atoms with Gasteiger partial charge in [-0.2, -0.15) is 0 Å². The average Bonchev–Trinajstić information content (AvgIpc) is 2.81. The Bertz CT molecular complexity index is 1180. The molecule has 1 amide bonds. The maximum Gasteiger partial charge on any atom is 0.244 e. The van der Waals surface area contributed by atoms with Gasteiger partial charge in [0.1, 0.15) is 0 Å². The third-order valence-electron chi connectivity index (χ3n) is 5.99. The number of nitrogens with one attached hydrogen (secondary N) is 1. The molecule has 3 aromatic rings. The highest BCUT2D eigenvalue weighted by Gasteiger charge is 2.21. The first-order chi connectivity index (χ1) is 15.5. The highest BCUT2D eigenvalue weighted by molar-refractivity contribution is 6.01. The first-order valence-electron chi connectivity index (χ1n) is 10.8. The van der Waals surface area contributed by atoms with E-state index in [4.69, 9.17) is 0 Å². The van der Waals surface area contributed by atoms with E-state index in [9.17, 15) is 10.0 Å². The van der Waals surface area contributed by atoms with E-state index in [2.05, 4.69) is 58.8 Å². The van der Waals surface area contributed by atoms with Gasteiger partial charge in [0, 0.05) is 42.4 Å². The molecule has 1 atom stereocenters. The van der Waals surface area contributed by atoms with Gasteiger partial charge in [0.05, 0.1) is 5.71 Å². The van der Waals surface area contributed by atoms with Gasteiger partial charge in [-0.15, -0.1) is 0 Å². The Hall–Kier alpha value is -3.73. The molecule has 0 bridgehead atoms. The quantitative estimate of drug-likeness (QED) is 0.331. The van der Waals surface area contributed by atoms with E-state index >= 15 is 0 Å². The summed E-state index contributed by atoms with van der Waals surface area (Å²) in [6.07, 6.45) is 4.80. The van der Waals surface area contributed by atoms with Crippen molar-refractivity contribution in [1.29, 1.82) is 0 Å². The van der Waals surface area contributed by atoms with Gasteiger partial charge < -0.3 is 10.5 Å². The maximum atomic E-state index is 11.7. The second-order valence-electron chi connectivity index (χ2n) is 8.18. The molecule has 5 nitrogen and oxygen atoms in total. The molecule has 4 rings (SSSR count). The van der Waals surface area contributed by atoms with Crippen molar-refractivity contribution in [2.24, 2.45) is 5.16 Å². The van der Waals surface area contributed by atoms with Crippen LogP contribution in [0.3, 0.4) is 0 Å². The van der Waals surface area contributed by atoms with Crippen LogP contribution < -0.4 is 5.32 Å². The Morgan fingerprint density at radius 3 is 2.59 bits per heavy atom. The van der Waals surface area contributed by atoms with Crippen LogP contribution in [-0.2, 0) is 4.79 Å². The monoisotopic (exact) mass is 425 g/mol. The van der Waals surface area contributed by atoms with Crippen molar-refractivity contribution in [2.75, 3.05) is 6.54 Å². The Morgan fingerprint density at radius 1 is 1.12 bits per heavy atom. The van der Waals surface area contributed by atoms with Crippen LogP contribution in [0.5, 0.6) is 0 Å². The largest absolute Gasteiger partial charge is 0.411 e. The first-order valence-corrected chi connectivity index (χ1v) is 10.8. The minimum absolute atomic E-state index is 0.0215. The van der Waals surface area contributed by atoms with Gasteiger partial charge in [-0.1, -0.05) is 53.7 Å². The highest BCUT2D eigenvalue weighted by atomic mass is 16.4. The fourth-order valence-corrected chi connectivity index (χ4v) is 4.28. The molecule has 0 fully saturated rings. The lowest BCUT2D eigenvalue weighted by molar-refractivity contribution is -0.116. The summed E-state index contributed by atoms with van der Waals surface area (Å²) < 4.78 is 0. The number of pyridine rings is 1. The van der Waals surface area contributed by atoms with E-state index in [-0.39, 0.29) is 11.8 Å². The molecule has 0 saturated carbocycles. The second-order valence-corrected chi connectivity index (χ2v) is 8.18. The lowest BCUT2D eigenvalue weighted by atomic mass is 9.83. The van der Waals surface area contributed by atoms with Gasteiger partial charge in [-0.25, -0.2) is 0 Å². The molecule has 0 spiro atoms. The Morgan fingerprint density at radius 2 is 1.91 bits per heavy atom. The van der Waals surface area contributed by atoms with Gasteiger partial charge in [-0.05, 0) is 60.2 Å². The second kappa shape index (κ2) is 9.60. The summed E-state index contributed by atoms with van der Waals surface area (Å²) in [4.78, 5) is 16.0. The van der Waals surface area contributed by atoms with Crippen molar-refractivity contribution in [3.63, 3.8) is 0 Å². The van der Waals surface area contributed by atoms with E-state index in [0.29, 0.717) is 18.7 Å². The molecular formula is C27H27N3O2. The number of hydrogen-bond acceptors (Lipinski definition) is 4. The van der Waals surface area contributed by atoms with Crippen LogP contribution >= 0.6 is 0 Å². The van der Waals surface area contributed by atoms with Crippen LogP contribution in [-0.4, -0.2) is 28.4 Å². The lowest BCUT2D eigenvalue weighted by Gasteiger charge is -2.22. The number of carbonyl (C=O) groups is 1. The van der Waals surface area contributed by atoms with Gasteiger partial charge in [-0.3, -0.25) is 9.78 Å². The Labute approximate surface area is 188 Å². The van der Waals surface area contributed by atoms with Crippen LogP contribution in [0.2, 0.25) is 0 Å². The summed E-state index contributed by atoms with van der Waals surface area (Å²) in [5.74, 6) is -0.0159. The van der Waals surface area contributed by atoms with Crippen LogP contribution in [0.25, 0.3) is 5.57 Å². The van der Waals surface area contributed by atoms with E-state index in [1.54, 1.807) is 12.3 Å². The molecule has 1 aliphatic rings. The van der Waals surface area contributed by atoms with E-state index in [1.807, 2.05) is 31.2 Å². The number of amides is 1. The smallest absolute Gasteiger partial charge is 0.244 e. The molecular weight excluding hydrogens is 398 g/mol. The molecule has 2 heterocycles. The highest BCUT2D eigenvalue weighted by Crippen LogP contribution is 2.33. The lowest BCUT2D eigenvalue weighted by Crippen LogP contribution is -2.26. The summed E-state index contributed by atoms with van der Waals surface area (Å²) >= 11 is 0. The van der Waals surface area contributed by atoms with Gasteiger partial charge in [0.2, 0.25) is 5.91 Å². The molecule has 2 aromatic carbocycles. The van der Waals surface area contributed by atoms with Crippen LogP contribution in [0.15, 0.2) is 78.1 Å². The average molecular weight is 426 g/mol. The number of nitrogens with zero attached hydrogens (tertiary/aromatic N) is 2. The van der Waals surface area contributed by atoms with Crippen molar-refractivity contribution in [2.45, 2.75) is 32.6 Å².